The maximum atomic E-state index is 4.46. The van der Waals surface area contributed by atoms with Crippen LogP contribution in [-0.4, -0.2) is 19.7 Å². The Kier molecular flexibility index (Phi) is 4.30. The van der Waals surface area contributed by atoms with E-state index in [1.807, 2.05) is 12.5 Å². The van der Waals surface area contributed by atoms with Gasteiger partial charge in [0, 0.05) is 18.7 Å². The molecule has 0 amide bonds. The van der Waals surface area contributed by atoms with Crippen molar-refractivity contribution in [3.8, 4) is 0 Å². The molecule has 1 aromatic carbocycles. The summed E-state index contributed by atoms with van der Waals surface area (Å²) in [4.78, 5) is 4.20. The summed E-state index contributed by atoms with van der Waals surface area (Å²) in [5.74, 6) is 0.393. The predicted octanol–water partition coefficient (Wildman–Crippen LogP) is 3.83. The molecule has 1 atom stereocenters. The highest BCUT2D eigenvalue weighted by atomic mass is 32.1. The Morgan fingerprint density at radius 1 is 1.29 bits per heavy atom. The molecule has 5 nitrogen and oxygen atoms in total. The zero-order valence-corrected chi connectivity index (χ0v) is 14.6. The molecule has 1 N–H and O–H groups in total. The fourth-order valence-corrected chi connectivity index (χ4v) is 4.30. The molecule has 0 saturated carbocycles. The second-order valence-corrected chi connectivity index (χ2v) is 7.12. The molecule has 1 aliphatic carbocycles. The minimum absolute atomic E-state index is 0.393. The van der Waals surface area contributed by atoms with Crippen LogP contribution in [0.25, 0.3) is 0 Å². The number of hydrogen-bond donors (Lipinski definition) is 1. The monoisotopic (exact) mass is 339 g/mol. The van der Waals surface area contributed by atoms with E-state index in [0.717, 1.165) is 35.3 Å². The van der Waals surface area contributed by atoms with Crippen LogP contribution >= 0.6 is 11.3 Å². The largest absolute Gasteiger partial charge is 0.354 e. The van der Waals surface area contributed by atoms with Crippen LogP contribution < -0.4 is 5.32 Å². The second kappa shape index (κ2) is 6.73. The number of rotatable bonds is 5. The highest BCUT2D eigenvalue weighted by molar-refractivity contribution is 7.15. The van der Waals surface area contributed by atoms with Gasteiger partial charge in [0.1, 0.15) is 5.01 Å². The van der Waals surface area contributed by atoms with E-state index in [0.29, 0.717) is 5.92 Å². The molecule has 0 aliphatic heterocycles. The molecule has 0 fully saturated rings. The van der Waals surface area contributed by atoms with E-state index in [4.69, 9.17) is 0 Å². The number of fused-ring (bicyclic) bond motifs is 1. The van der Waals surface area contributed by atoms with Crippen LogP contribution in [0.5, 0.6) is 0 Å². The van der Waals surface area contributed by atoms with Gasteiger partial charge < -0.3 is 9.88 Å². The van der Waals surface area contributed by atoms with Crippen molar-refractivity contribution in [1.29, 1.82) is 0 Å². The minimum atomic E-state index is 0.393. The van der Waals surface area contributed by atoms with Crippen LogP contribution in [0, 0.1) is 0 Å². The van der Waals surface area contributed by atoms with E-state index in [1.54, 1.807) is 11.3 Å². The van der Waals surface area contributed by atoms with Crippen LogP contribution in [0.4, 0.5) is 5.13 Å². The fraction of sp³-hybridized carbons (Fsp3) is 0.389. The molecule has 1 aliphatic rings. The Balaban J connectivity index is 1.49. The summed E-state index contributed by atoms with van der Waals surface area (Å²) in [6, 6.07) is 8.75. The first-order valence-electron chi connectivity index (χ1n) is 8.49. The van der Waals surface area contributed by atoms with E-state index in [-0.39, 0.29) is 0 Å². The molecule has 24 heavy (non-hydrogen) atoms. The standard InChI is InChI=1S/C18H21N5S/c1-2-23-12-19-10-14(23)11-20-18-22-21-17(24-18)16-9-5-7-13-6-3-4-8-15(13)16/h3-4,6,8,10,12,16H,2,5,7,9,11H2,1H3,(H,20,22). The third kappa shape index (κ3) is 2.94. The van der Waals surface area contributed by atoms with Gasteiger partial charge in [-0.15, -0.1) is 10.2 Å². The van der Waals surface area contributed by atoms with Crippen LogP contribution in [-0.2, 0) is 19.5 Å². The lowest BCUT2D eigenvalue weighted by Crippen LogP contribution is -2.10. The molecule has 0 bridgehead atoms. The first-order valence-corrected chi connectivity index (χ1v) is 9.31. The number of hydrogen-bond acceptors (Lipinski definition) is 5. The highest BCUT2D eigenvalue weighted by Crippen LogP contribution is 2.38. The van der Waals surface area contributed by atoms with Gasteiger partial charge >= 0.3 is 0 Å². The molecule has 2 heterocycles. The van der Waals surface area contributed by atoms with Gasteiger partial charge in [-0.1, -0.05) is 35.6 Å². The summed E-state index contributed by atoms with van der Waals surface area (Å²) in [7, 11) is 0. The molecule has 3 aromatic rings. The van der Waals surface area contributed by atoms with Crippen LogP contribution in [0.15, 0.2) is 36.8 Å². The Labute approximate surface area is 145 Å². The lowest BCUT2D eigenvalue weighted by molar-refractivity contribution is 0.609. The third-order valence-corrected chi connectivity index (χ3v) is 5.66. The first kappa shape index (κ1) is 15.3. The van der Waals surface area contributed by atoms with Crippen molar-refractivity contribution < 1.29 is 0 Å². The normalized spacial score (nSPS) is 16.8. The smallest absolute Gasteiger partial charge is 0.206 e. The van der Waals surface area contributed by atoms with Crippen molar-refractivity contribution >= 4 is 16.5 Å². The lowest BCUT2D eigenvalue weighted by Gasteiger charge is -2.23. The van der Waals surface area contributed by atoms with Crippen molar-refractivity contribution in [2.24, 2.45) is 0 Å². The lowest BCUT2D eigenvalue weighted by atomic mass is 9.83. The number of benzene rings is 1. The number of aromatic nitrogens is 4. The van der Waals surface area contributed by atoms with E-state index < -0.39 is 0 Å². The zero-order valence-electron chi connectivity index (χ0n) is 13.8. The Morgan fingerprint density at radius 2 is 2.21 bits per heavy atom. The van der Waals surface area contributed by atoms with Gasteiger partial charge in [0.25, 0.3) is 0 Å². The molecule has 0 spiro atoms. The van der Waals surface area contributed by atoms with Gasteiger partial charge in [0.05, 0.1) is 18.6 Å². The summed E-state index contributed by atoms with van der Waals surface area (Å²) < 4.78 is 2.13. The average molecular weight is 339 g/mol. The van der Waals surface area contributed by atoms with Crippen molar-refractivity contribution in [2.45, 2.75) is 45.2 Å². The molecular formula is C18H21N5S. The highest BCUT2D eigenvalue weighted by Gasteiger charge is 2.24. The molecule has 1 unspecified atom stereocenters. The summed E-state index contributed by atoms with van der Waals surface area (Å²) in [6.07, 6.45) is 7.32. The quantitative estimate of drug-likeness (QED) is 0.767. The van der Waals surface area contributed by atoms with E-state index in [9.17, 15) is 0 Å². The van der Waals surface area contributed by atoms with Gasteiger partial charge in [-0.05, 0) is 37.3 Å². The SMILES string of the molecule is CCn1cncc1CNc1nnc(C2CCCc3ccccc32)s1. The van der Waals surface area contributed by atoms with Gasteiger partial charge in [0.15, 0.2) is 0 Å². The Hall–Kier alpha value is -2.21. The van der Waals surface area contributed by atoms with Gasteiger partial charge in [-0.2, -0.15) is 0 Å². The van der Waals surface area contributed by atoms with E-state index in [2.05, 4.69) is 56.3 Å². The summed E-state index contributed by atoms with van der Waals surface area (Å²) in [5.41, 5.74) is 4.05. The molecular weight excluding hydrogens is 318 g/mol. The van der Waals surface area contributed by atoms with Crippen molar-refractivity contribution in [3.05, 3.63) is 58.6 Å². The fourth-order valence-electron chi connectivity index (χ4n) is 3.40. The van der Waals surface area contributed by atoms with E-state index >= 15 is 0 Å². The number of nitrogens with one attached hydrogen (secondary N) is 1. The maximum Gasteiger partial charge on any atom is 0.206 e. The van der Waals surface area contributed by atoms with Crippen LogP contribution in [0.3, 0.4) is 0 Å². The molecule has 0 saturated heterocycles. The van der Waals surface area contributed by atoms with Gasteiger partial charge in [0.2, 0.25) is 5.13 Å². The maximum absolute atomic E-state index is 4.46. The van der Waals surface area contributed by atoms with Crippen molar-refractivity contribution in [3.63, 3.8) is 0 Å². The Morgan fingerprint density at radius 3 is 3.12 bits per heavy atom. The van der Waals surface area contributed by atoms with Crippen molar-refractivity contribution in [1.82, 2.24) is 19.7 Å². The topological polar surface area (TPSA) is 55.6 Å². The molecule has 2 aromatic heterocycles. The molecule has 0 radical (unpaired) electrons. The minimum Gasteiger partial charge on any atom is -0.354 e. The molecule has 4 rings (SSSR count). The predicted molar refractivity (Wildman–Crippen MR) is 96.4 cm³/mol. The average Bonchev–Trinajstić information content (AvgIpc) is 3.28. The number of imidazole rings is 1. The van der Waals surface area contributed by atoms with Gasteiger partial charge in [-0.3, -0.25) is 0 Å². The van der Waals surface area contributed by atoms with Crippen molar-refractivity contribution in [2.75, 3.05) is 5.32 Å². The number of aryl methyl sites for hydroxylation is 2. The summed E-state index contributed by atoms with van der Waals surface area (Å²) >= 11 is 1.68. The molecule has 6 heteroatoms. The van der Waals surface area contributed by atoms with E-state index in [1.165, 1.54) is 24.0 Å². The summed E-state index contributed by atoms with van der Waals surface area (Å²) in [6.45, 7) is 3.77. The number of anilines is 1. The summed E-state index contributed by atoms with van der Waals surface area (Å²) in [5, 5.41) is 14.2. The third-order valence-electron chi connectivity index (χ3n) is 4.67. The first-order chi connectivity index (χ1) is 11.8. The second-order valence-electron chi connectivity index (χ2n) is 6.11. The van der Waals surface area contributed by atoms with Crippen LogP contribution in [0.1, 0.15) is 47.5 Å². The molecule has 124 valence electrons. The Bertz CT molecular complexity index is 822. The number of nitrogens with zero attached hydrogens (tertiary/aromatic N) is 4. The van der Waals surface area contributed by atoms with Crippen LogP contribution in [0.2, 0.25) is 0 Å². The zero-order chi connectivity index (χ0) is 16.4. The van der Waals surface area contributed by atoms with Gasteiger partial charge in [-0.25, -0.2) is 4.98 Å².